The molecule has 0 atom stereocenters. The average Bonchev–Trinajstić information content (AvgIpc) is 3.90. The molecular weight excluding hydrogens is 737 g/mol. The molecule has 0 unspecified atom stereocenters. The minimum atomic E-state index is 0.975. The number of rotatable bonds is 8. The molecule has 61 heavy (non-hydrogen) atoms. The molecule has 2 aromatic heterocycles. The van der Waals surface area contributed by atoms with Crippen LogP contribution in [0, 0.1) is 0 Å². The molecule has 2 nitrogen and oxygen atoms in total. The zero-order valence-electron chi connectivity index (χ0n) is 34.0. The smallest absolute Gasteiger partial charge is 0.0547 e. The van der Waals surface area contributed by atoms with E-state index in [2.05, 4.69) is 241 Å². The van der Waals surface area contributed by atoms with E-state index < -0.39 is 0 Å². The van der Waals surface area contributed by atoms with Crippen molar-refractivity contribution in [1.29, 1.82) is 0 Å². The summed E-state index contributed by atoms with van der Waals surface area (Å²) in [6.45, 7) is 6.66. The minimum Gasteiger partial charge on any atom is -0.316 e. The third kappa shape index (κ3) is 6.46. The second-order valence-corrected chi connectivity index (χ2v) is 15.9. The van der Waals surface area contributed by atoms with Gasteiger partial charge in [0.1, 0.15) is 0 Å². The van der Waals surface area contributed by atoms with E-state index >= 15 is 0 Å². The van der Waals surface area contributed by atoms with Gasteiger partial charge in [-0.05, 0) is 128 Å². The second kappa shape index (κ2) is 15.0. The van der Waals surface area contributed by atoms with E-state index in [-0.39, 0.29) is 0 Å². The number of hydrogen-bond acceptors (Lipinski definition) is 0. The lowest BCUT2D eigenvalue weighted by Gasteiger charge is -2.12. The predicted octanol–water partition coefficient (Wildman–Crippen LogP) is 15.9. The Morgan fingerprint density at radius 2 is 1.07 bits per heavy atom. The molecule has 0 N–H and O–H groups in total. The largest absolute Gasteiger partial charge is 0.316 e. The van der Waals surface area contributed by atoms with Crippen LogP contribution in [0.1, 0.15) is 23.6 Å². The van der Waals surface area contributed by atoms with Crippen LogP contribution in [0.25, 0.3) is 93.5 Å². The van der Waals surface area contributed by atoms with Crippen molar-refractivity contribution in [3.05, 3.63) is 248 Å². The summed E-state index contributed by atoms with van der Waals surface area (Å²) < 4.78 is 4.74. The summed E-state index contributed by atoms with van der Waals surface area (Å²) in [7, 11) is 0. The first kappa shape index (κ1) is 36.2. The molecule has 0 fully saturated rings. The van der Waals surface area contributed by atoms with E-state index in [1.165, 1.54) is 82.2 Å². The van der Waals surface area contributed by atoms with E-state index in [9.17, 15) is 0 Å². The Balaban J connectivity index is 1.02. The second-order valence-electron chi connectivity index (χ2n) is 15.9. The highest BCUT2D eigenvalue weighted by Gasteiger charge is 2.17. The van der Waals surface area contributed by atoms with Gasteiger partial charge in [0, 0.05) is 33.4 Å². The number of hydrogen-bond donors (Lipinski definition) is 0. The van der Waals surface area contributed by atoms with Gasteiger partial charge in [0.25, 0.3) is 0 Å². The molecule has 0 radical (unpaired) electrons. The van der Waals surface area contributed by atoms with Crippen molar-refractivity contribution >= 4 is 71.0 Å². The first-order valence-electron chi connectivity index (χ1n) is 20.9. The monoisotopic (exact) mass is 778 g/mol. The molecule has 0 aliphatic heterocycles. The van der Waals surface area contributed by atoms with Crippen LogP contribution in [0.2, 0.25) is 0 Å². The molecule has 0 saturated carbocycles. The van der Waals surface area contributed by atoms with Crippen molar-refractivity contribution in [2.45, 2.75) is 6.92 Å². The van der Waals surface area contributed by atoms with Crippen LogP contribution in [0.5, 0.6) is 0 Å². The molecule has 0 amide bonds. The maximum atomic E-state index is 4.48. The lowest BCUT2D eigenvalue weighted by atomic mass is 9.96. The van der Waals surface area contributed by atoms with Crippen molar-refractivity contribution in [2.24, 2.45) is 0 Å². The highest BCUT2D eigenvalue weighted by molar-refractivity contribution is 6.22. The fourth-order valence-corrected chi connectivity index (χ4v) is 9.15. The first-order chi connectivity index (χ1) is 30.1. The normalized spacial score (nSPS) is 12.3. The lowest BCUT2D eigenvalue weighted by Crippen LogP contribution is -1.95. The SMILES string of the molecule is C=C(/C=C(\C=C(/C)c1ccccc1)c1ccc(-n2c3ccc(-c4ccc5c(ccn5-c5cccc6ccccc56)c4)cc3c3c4ccccc4ccc32)cc1)c1ccccc1. The van der Waals surface area contributed by atoms with Crippen molar-refractivity contribution in [1.82, 2.24) is 9.13 Å². The van der Waals surface area contributed by atoms with Gasteiger partial charge < -0.3 is 9.13 Å². The highest BCUT2D eigenvalue weighted by atomic mass is 15.0. The van der Waals surface area contributed by atoms with Gasteiger partial charge in [-0.3, -0.25) is 0 Å². The van der Waals surface area contributed by atoms with Gasteiger partial charge in [-0.2, -0.15) is 0 Å². The number of allylic oxidation sites excluding steroid dienone is 5. The molecule has 11 aromatic rings. The van der Waals surface area contributed by atoms with Gasteiger partial charge in [0.15, 0.2) is 0 Å². The van der Waals surface area contributed by atoms with E-state index in [0.717, 1.165) is 28.0 Å². The van der Waals surface area contributed by atoms with Gasteiger partial charge in [0.2, 0.25) is 0 Å². The molecule has 0 spiro atoms. The Morgan fingerprint density at radius 3 is 1.84 bits per heavy atom. The minimum absolute atomic E-state index is 0.975. The summed E-state index contributed by atoms with van der Waals surface area (Å²) in [4.78, 5) is 0. The summed E-state index contributed by atoms with van der Waals surface area (Å²) in [5, 5.41) is 8.70. The molecule has 11 rings (SSSR count). The molecule has 2 heterocycles. The van der Waals surface area contributed by atoms with E-state index in [1.54, 1.807) is 0 Å². The van der Waals surface area contributed by atoms with Gasteiger partial charge in [-0.25, -0.2) is 0 Å². The zero-order valence-corrected chi connectivity index (χ0v) is 34.0. The van der Waals surface area contributed by atoms with Crippen LogP contribution >= 0.6 is 0 Å². The molecular formula is C59H42N2. The summed E-state index contributed by atoms with van der Waals surface area (Å²) >= 11 is 0. The highest BCUT2D eigenvalue weighted by Crippen LogP contribution is 2.40. The Kier molecular flexibility index (Phi) is 8.90. The van der Waals surface area contributed by atoms with Crippen molar-refractivity contribution in [2.75, 3.05) is 0 Å². The Labute approximate surface area is 355 Å². The predicted molar refractivity (Wildman–Crippen MR) is 262 cm³/mol. The third-order valence-electron chi connectivity index (χ3n) is 12.2. The molecule has 2 heteroatoms. The van der Waals surface area contributed by atoms with Crippen LogP contribution in [0.15, 0.2) is 231 Å². The molecule has 288 valence electrons. The lowest BCUT2D eigenvalue weighted by molar-refractivity contribution is 1.14. The number of aromatic nitrogens is 2. The maximum Gasteiger partial charge on any atom is 0.0547 e. The maximum absolute atomic E-state index is 4.48. The van der Waals surface area contributed by atoms with Gasteiger partial charge in [-0.1, -0.05) is 164 Å². The molecule has 9 aromatic carbocycles. The fraction of sp³-hybridized carbons (Fsp3) is 0.0169. The fourth-order valence-electron chi connectivity index (χ4n) is 9.15. The Bertz CT molecular complexity index is 3520. The standard InChI is InChI=1S/C59H42N2/c1-40(42-14-5-3-6-15-42)36-50(37-41(2)43-16-7-4-8-17-43)44-24-29-51(30-25-44)61-57-32-28-48(39-54(57)59-53-22-12-10-19-46(53)26-33-58(59)61)47-27-31-55-49(38-47)34-35-60(55)56-23-13-20-45-18-9-11-21-52(45)56/h3-39H,1H2,2H3/b41-37+,50-36+. The van der Waals surface area contributed by atoms with E-state index in [0.29, 0.717) is 0 Å². The molecule has 0 bridgehead atoms. The van der Waals surface area contributed by atoms with Crippen molar-refractivity contribution in [3.8, 4) is 22.5 Å². The Hall–Kier alpha value is -7.94. The number of nitrogens with zero attached hydrogens (tertiary/aromatic N) is 2. The quantitative estimate of drug-likeness (QED) is 0.136. The topological polar surface area (TPSA) is 9.86 Å². The number of fused-ring (bicyclic) bond motifs is 7. The first-order valence-corrected chi connectivity index (χ1v) is 20.9. The van der Waals surface area contributed by atoms with Crippen LogP contribution in [-0.2, 0) is 0 Å². The van der Waals surface area contributed by atoms with Crippen LogP contribution < -0.4 is 0 Å². The van der Waals surface area contributed by atoms with E-state index in [4.69, 9.17) is 0 Å². The van der Waals surface area contributed by atoms with Crippen molar-refractivity contribution < 1.29 is 0 Å². The zero-order chi connectivity index (χ0) is 40.9. The molecule has 0 saturated heterocycles. The summed E-state index contributed by atoms with van der Waals surface area (Å²) in [6, 6.07) is 74.5. The number of benzene rings is 9. The van der Waals surface area contributed by atoms with Crippen LogP contribution in [0.4, 0.5) is 0 Å². The van der Waals surface area contributed by atoms with E-state index in [1.807, 2.05) is 6.07 Å². The summed E-state index contributed by atoms with van der Waals surface area (Å²) in [6.07, 6.45) is 6.69. The average molecular weight is 779 g/mol. The molecule has 0 aliphatic rings. The van der Waals surface area contributed by atoms with Crippen molar-refractivity contribution in [3.63, 3.8) is 0 Å². The summed E-state index contributed by atoms with van der Waals surface area (Å²) in [5.74, 6) is 0. The van der Waals surface area contributed by atoms with Gasteiger partial charge >= 0.3 is 0 Å². The Morgan fingerprint density at radius 1 is 0.443 bits per heavy atom. The molecule has 0 aliphatic carbocycles. The third-order valence-corrected chi connectivity index (χ3v) is 12.2. The van der Waals surface area contributed by atoms with Crippen LogP contribution in [-0.4, -0.2) is 9.13 Å². The van der Waals surface area contributed by atoms with Gasteiger partial charge in [-0.15, -0.1) is 0 Å². The van der Waals surface area contributed by atoms with Gasteiger partial charge in [0.05, 0.1) is 22.2 Å². The van der Waals surface area contributed by atoms with Crippen LogP contribution in [0.3, 0.4) is 0 Å². The summed E-state index contributed by atoms with van der Waals surface area (Å²) in [5.41, 5.74) is 15.0.